The summed E-state index contributed by atoms with van der Waals surface area (Å²) in [6.07, 6.45) is 2.19. The van der Waals surface area contributed by atoms with Crippen molar-refractivity contribution in [3.63, 3.8) is 0 Å². The smallest absolute Gasteiger partial charge is 0.239 e. The summed E-state index contributed by atoms with van der Waals surface area (Å²) < 4.78 is 2.34. The minimum absolute atomic E-state index is 0.782. The third kappa shape index (κ3) is 2.96. The van der Waals surface area contributed by atoms with Crippen LogP contribution in [0.1, 0.15) is 5.56 Å². The molecule has 0 aromatic heterocycles. The molecule has 0 bridgehead atoms. The minimum atomic E-state index is 0.782. The van der Waals surface area contributed by atoms with E-state index in [-0.39, 0.29) is 0 Å². The second kappa shape index (κ2) is 5.45. The normalized spacial score (nSPS) is 14.6. The van der Waals surface area contributed by atoms with Crippen LogP contribution in [0.2, 0.25) is 5.02 Å². The maximum absolute atomic E-state index is 5.92. The Hall–Kier alpha value is -1.80. The van der Waals surface area contributed by atoms with Crippen molar-refractivity contribution in [2.75, 3.05) is 18.0 Å². The van der Waals surface area contributed by atoms with Crippen LogP contribution in [0, 0.1) is 0 Å². The average Bonchev–Trinajstić information content (AvgIpc) is 2.89. The number of benzene rings is 2. The van der Waals surface area contributed by atoms with Crippen LogP contribution in [0.15, 0.2) is 54.6 Å². The van der Waals surface area contributed by atoms with Crippen LogP contribution < -0.4 is 4.90 Å². The van der Waals surface area contributed by atoms with E-state index in [1.807, 2.05) is 12.1 Å². The van der Waals surface area contributed by atoms with E-state index in [9.17, 15) is 0 Å². The van der Waals surface area contributed by atoms with Crippen molar-refractivity contribution in [1.29, 1.82) is 0 Å². The second-order valence-electron chi connectivity index (χ2n) is 4.74. The summed E-state index contributed by atoms with van der Waals surface area (Å²) in [7, 11) is 0. The predicted octanol–water partition coefficient (Wildman–Crippen LogP) is 3.40. The van der Waals surface area contributed by atoms with E-state index in [4.69, 9.17) is 11.6 Å². The number of halogens is 1. The van der Waals surface area contributed by atoms with Gasteiger partial charge in [0.05, 0.1) is 0 Å². The third-order valence-electron chi connectivity index (χ3n) is 3.32. The van der Waals surface area contributed by atoms with Crippen LogP contribution in [-0.4, -0.2) is 24.0 Å². The first-order chi connectivity index (χ1) is 9.31. The quantitative estimate of drug-likeness (QED) is 0.776. The van der Waals surface area contributed by atoms with E-state index in [2.05, 4.69) is 58.3 Å². The highest BCUT2D eigenvalue weighted by Gasteiger charge is 2.20. The van der Waals surface area contributed by atoms with Crippen molar-refractivity contribution >= 4 is 23.6 Å². The van der Waals surface area contributed by atoms with E-state index in [0.29, 0.717) is 0 Å². The van der Waals surface area contributed by atoms with Crippen LogP contribution in [0.5, 0.6) is 0 Å². The van der Waals surface area contributed by atoms with Gasteiger partial charge in [-0.2, -0.15) is 0 Å². The fourth-order valence-electron chi connectivity index (χ4n) is 2.31. The fourth-order valence-corrected chi connectivity index (χ4v) is 2.44. The van der Waals surface area contributed by atoms with Crippen molar-refractivity contribution in [2.45, 2.75) is 6.54 Å². The van der Waals surface area contributed by atoms with E-state index in [1.165, 1.54) is 11.3 Å². The highest BCUT2D eigenvalue weighted by Crippen LogP contribution is 2.18. The molecule has 1 aliphatic heterocycles. The van der Waals surface area contributed by atoms with Gasteiger partial charge in [-0.15, -0.1) is 0 Å². The molecule has 3 rings (SSSR count). The molecule has 2 aromatic carbocycles. The van der Waals surface area contributed by atoms with Gasteiger partial charge in [0.1, 0.15) is 25.3 Å². The summed E-state index contributed by atoms with van der Waals surface area (Å²) >= 11 is 5.92. The Balaban J connectivity index is 1.72. The van der Waals surface area contributed by atoms with E-state index in [0.717, 1.165) is 24.7 Å². The maximum atomic E-state index is 5.92. The van der Waals surface area contributed by atoms with Gasteiger partial charge in [-0.3, -0.25) is 4.58 Å². The van der Waals surface area contributed by atoms with E-state index in [1.54, 1.807) is 0 Å². The largest absolute Gasteiger partial charge is 0.260 e. The standard InChI is InChI=1S/C16H16ClN2/c17-15-6-8-16(9-7-15)19-11-10-18(13-19)12-14-4-2-1-3-5-14/h1-9,13H,10-12H2/q+1. The lowest BCUT2D eigenvalue weighted by Crippen LogP contribution is -2.17. The molecule has 0 unspecified atom stereocenters. The molecule has 2 nitrogen and oxygen atoms in total. The van der Waals surface area contributed by atoms with Gasteiger partial charge in [0.2, 0.25) is 6.34 Å². The Morgan fingerprint density at radius 2 is 1.74 bits per heavy atom. The van der Waals surface area contributed by atoms with Crippen LogP contribution in [0.3, 0.4) is 0 Å². The maximum Gasteiger partial charge on any atom is 0.239 e. The molecule has 0 aliphatic carbocycles. The number of rotatable bonds is 3. The Kier molecular flexibility index (Phi) is 3.51. The lowest BCUT2D eigenvalue weighted by atomic mass is 10.2. The number of hydrogen-bond donors (Lipinski definition) is 0. The Bertz CT molecular complexity index is 575. The predicted molar refractivity (Wildman–Crippen MR) is 80.1 cm³/mol. The summed E-state index contributed by atoms with van der Waals surface area (Å²) in [5.41, 5.74) is 2.54. The van der Waals surface area contributed by atoms with Crippen molar-refractivity contribution in [2.24, 2.45) is 0 Å². The molecular weight excluding hydrogens is 256 g/mol. The zero-order valence-corrected chi connectivity index (χ0v) is 11.4. The lowest BCUT2D eigenvalue weighted by Gasteiger charge is -2.05. The van der Waals surface area contributed by atoms with Gasteiger partial charge in [0, 0.05) is 5.02 Å². The molecule has 0 saturated heterocycles. The molecular formula is C16H16ClN2+. The highest BCUT2D eigenvalue weighted by atomic mass is 35.5. The van der Waals surface area contributed by atoms with Gasteiger partial charge in [-0.1, -0.05) is 41.9 Å². The van der Waals surface area contributed by atoms with Crippen LogP contribution in [0.25, 0.3) is 0 Å². The minimum Gasteiger partial charge on any atom is -0.260 e. The second-order valence-corrected chi connectivity index (χ2v) is 5.18. The van der Waals surface area contributed by atoms with Crippen LogP contribution in [-0.2, 0) is 6.54 Å². The van der Waals surface area contributed by atoms with Crippen molar-refractivity contribution < 1.29 is 4.58 Å². The summed E-state index contributed by atoms with van der Waals surface area (Å²) in [6, 6.07) is 18.5. The van der Waals surface area contributed by atoms with Gasteiger partial charge in [-0.25, -0.2) is 4.90 Å². The first-order valence-corrected chi connectivity index (χ1v) is 6.84. The Labute approximate surface area is 118 Å². The molecule has 1 aliphatic rings. The van der Waals surface area contributed by atoms with Crippen molar-refractivity contribution in [3.8, 4) is 0 Å². The molecule has 0 spiro atoms. The third-order valence-corrected chi connectivity index (χ3v) is 3.57. The molecule has 0 fully saturated rings. The molecule has 0 amide bonds. The summed E-state index contributed by atoms with van der Waals surface area (Å²) in [4.78, 5) is 2.26. The average molecular weight is 272 g/mol. The first-order valence-electron chi connectivity index (χ1n) is 6.46. The Morgan fingerprint density at radius 1 is 1.00 bits per heavy atom. The molecule has 0 atom stereocenters. The van der Waals surface area contributed by atoms with Crippen molar-refractivity contribution in [3.05, 3.63) is 65.2 Å². The number of anilines is 1. The van der Waals surface area contributed by atoms with Gasteiger partial charge in [-0.05, 0) is 29.8 Å². The van der Waals surface area contributed by atoms with E-state index < -0.39 is 0 Å². The fraction of sp³-hybridized carbons (Fsp3) is 0.188. The summed E-state index contributed by atoms with van der Waals surface area (Å²) in [6.45, 7) is 3.04. The molecule has 0 saturated carbocycles. The van der Waals surface area contributed by atoms with Crippen LogP contribution >= 0.6 is 11.6 Å². The monoisotopic (exact) mass is 271 g/mol. The van der Waals surface area contributed by atoms with Crippen LogP contribution in [0.4, 0.5) is 5.69 Å². The molecule has 1 heterocycles. The first kappa shape index (κ1) is 12.2. The number of nitrogens with zero attached hydrogens (tertiary/aromatic N) is 2. The Morgan fingerprint density at radius 3 is 2.47 bits per heavy atom. The molecule has 3 heteroatoms. The summed E-state index contributed by atoms with van der Waals surface area (Å²) in [5, 5.41) is 0.782. The van der Waals surface area contributed by atoms with Gasteiger partial charge < -0.3 is 0 Å². The number of hydrogen-bond acceptors (Lipinski definition) is 1. The molecule has 2 aromatic rings. The SMILES string of the molecule is Clc1ccc(N2C=[N+](Cc3ccccc3)CC2)cc1. The zero-order valence-electron chi connectivity index (χ0n) is 10.7. The van der Waals surface area contributed by atoms with Crippen molar-refractivity contribution in [1.82, 2.24) is 0 Å². The molecule has 19 heavy (non-hydrogen) atoms. The highest BCUT2D eigenvalue weighted by molar-refractivity contribution is 6.30. The molecule has 0 N–H and O–H groups in total. The van der Waals surface area contributed by atoms with E-state index >= 15 is 0 Å². The van der Waals surface area contributed by atoms with Gasteiger partial charge in [0.25, 0.3) is 0 Å². The molecule has 0 radical (unpaired) electrons. The van der Waals surface area contributed by atoms with Gasteiger partial charge >= 0.3 is 0 Å². The lowest BCUT2D eigenvalue weighted by molar-refractivity contribution is -0.530. The summed E-state index contributed by atoms with van der Waals surface area (Å²) in [5.74, 6) is 0. The molecule has 96 valence electrons. The van der Waals surface area contributed by atoms with Gasteiger partial charge in [0.15, 0.2) is 0 Å². The topological polar surface area (TPSA) is 6.25 Å². The zero-order chi connectivity index (χ0) is 13.1.